The molecule has 2 rings (SSSR count). The lowest BCUT2D eigenvalue weighted by Crippen LogP contribution is -2.30. The molecule has 0 aliphatic heterocycles. The molecule has 0 spiro atoms. The Bertz CT molecular complexity index is 553. The number of nitrogens with zero attached hydrogens (tertiary/aromatic N) is 2. The van der Waals surface area contributed by atoms with Crippen molar-refractivity contribution in [2.75, 3.05) is 0 Å². The van der Waals surface area contributed by atoms with Crippen LogP contribution in [0, 0.1) is 6.92 Å². The lowest BCUT2D eigenvalue weighted by atomic mass is 9.86. The summed E-state index contributed by atoms with van der Waals surface area (Å²) in [4.78, 5) is 8.69. The number of hydrazine groups is 1. The largest absolute Gasteiger partial charge is 0.270 e. The minimum absolute atomic E-state index is 0.143. The Labute approximate surface area is 120 Å². The Hall–Kier alpha value is -1.78. The summed E-state index contributed by atoms with van der Waals surface area (Å²) in [5, 5.41) is 0. The molecule has 1 aromatic heterocycles. The summed E-state index contributed by atoms with van der Waals surface area (Å²) >= 11 is 0. The SMILES string of the molecule is Cc1cnc(C(NN)c2ccc(C(C)(C)C)cc2)nc1. The monoisotopic (exact) mass is 270 g/mol. The van der Waals surface area contributed by atoms with Gasteiger partial charge in [-0.1, -0.05) is 45.0 Å². The molecule has 1 aromatic carbocycles. The van der Waals surface area contributed by atoms with E-state index in [-0.39, 0.29) is 11.5 Å². The van der Waals surface area contributed by atoms with Crippen LogP contribution in [0.3, 0.4) is 0 Å². The molecule has 2 aromatic rings. The fourth-order valence-corrected chi connectivity index (χ4v) is 2.05. The van der Waals surface area contributed by atoms with Crippen molar-refractivity contribution in [3.05, 3.63) is 59.2 Å². The molecule has 0 aliphatic rings. The van der Waals surface area contributed by atoms with Crippen molar-refractivity contribution in [1.82, 2.24) is 15.4 Å². The molecular formula is C16H22N4. The van der Waals surface area contributed by atoms with E-state index in [1.165, 1.54) is 5.56 Å². The van der Waals surface area contributed by atoms with Crippen molar-refractivity contribution in [2.24, 2.45) is 5.84 Å². The molecule has 0 bridgehead atoms. The number of nitrogens with two attached hydrogens (primary N) is 1. The van der Waals surface area contributed by atoms with Crippen LogP contribution in [0.25, 0.3) is 0 Å². The second-order valence-corrected chi connectivity index (χ2v) is 6.09. The Morgan fingerprint density at radius 1 is 1.05 bits per heavy atom. The number of rotatable bonds is 3. The van der Waals surface area contributed by atoms with E-state index in [2.05, 4.69) is 60.4 Å². The number of nitrogens with one attached hydrogen (secondary N) is 1. The predicted octanol–water partition coefficient (Wildman–Crippen LogP) is 2.64. The Morgan fingerprint density at radius 2 is 1.60 bits per heavy atom. The third-order valence-electron chi connectivity index (χ3n) is 3.34. The van der Waals surface area contributed by atoms with E-state index in [9.17, 15) is 0 Å². The second-order valence-electron chi connectivity index (χ2n) is 6.09. The van der Waals surface area contributed by atoms with Gasteiger partial charge in [0.1, 0.15) is 6.04 Å². The molecule has 0 aliphatic carbocycles. The molecular weight excluding hydrogens is 248 g/mol. The molecule has 0 saturated carbocycles. The van der Waals surface area contributed by atoms with Crippen LogP contribution in [0.1, 0.15) is 49.3 Å². The van der Waals surface area contributed by atoms with Crippen LogP contribution < -0.4 is 11.3 Å². The zero-order chi connectivity index (χ0) is 14.8. The molecule has 1 heterocycles. The second kappa shape index (κ2) is 5.69. The van der Waals surface area contributed by atoms with Gasteiger partial charge in [0, 0.05) is 12.4 Å². The van der Waals surface area contributed by atoms with E-state index in [4.69, 9.17) is 5.84 Å². The first-order valence-corrected chi connectivity index (χ1v) is 6.77. The van der Waals surface area contributed by atoms with Gasteiger partial charge >= 0.3 is 0 Å². The fraction of sp³-hybridized carbons (Fsp3) is 0.375. The van der Waals surface area contributed by atoms with Crippen LogP contribution in [0.2, 0.25) is 0 Å². The van der Waals surface area contributed by atoms with Crippen molar-refractivity contribution in [3.63, 3.8) is 0 Å². The molecule has 0 radical (unpaired) electrons. The van der Waals surface area contributed by atoms with Crippen LogP contribution in [0.4, 0.5) is 0 Å². The van der Waals surface area contributed by atoms with Gasteiger partial charge in [-0.15, -0.1) is 0 Å². The highest BCUT2D eigenvalue weighted by atomic mass is 15.2. The van der Waals surface area contributed by atoms with Crippen molar-refractivity contribution in [3.8, 4) is 0 Å². The summed E-state index contributed by atoms with van der Waals surface area (Å²) < 4.78 is 0. The molecule has 1 unspecified atom stereocenters. The highest BCUT2D eigenvalue weighted by molar-refractivity contribution is 5.31. The predicted molar refractivity (Wildman–Crippen MR) is 81.1 cm³/mol. The lowest BCUT2D eigenvalue weighted by molar-refractivity contribution is 0.584. The molecule has 0 fully saturated rings. The van der Waals surface area contributed by atoms with Crippen LogP contribution in [-0.2, 0) is 5.41 Å². The number of hydrogen-bond acceptors (Lipinski definition) is 4. The van der Waals surface area contributed by atoms with E-state index in [1.54, 1.807) is 12.4 Å². The number of aryl methyl sites for hydroxylation is 1. The highest BCUT2D eigenvalue weighted by Gasteiger charge is 2.17. The lowest BCUT2D eigenvalue weighted by Gasteiger charge is -2.21. The summed E-state index contributed by atoms with van der Waals surface area (Å²) in [6.45, 7) is 8.56. The van der Waals surface area contributed by atoms with Crippen molar-refractivity contribution < 1.29 is 0 Å². The molecule has 20 heavy (non-hydrogen) atoms. The van der Waals surface area contributed by atoms with Gasteiger partial charge in [-0.3, -0.25) is 5.84 Å². The summed E-state index contributed by atoms with van der Waals surface area (Å²) in [5.74, 6) is 6.35. The van der Waals surface area contributed by atoms with E-state index in [1.807, 2.05) is 6.92 Å². The van der Waals surface area contributed by atoms with Gasteiger partial charge in [-0.2, -0.15) is 0 Å². The first kappa shape index (κ1) is 14.6. The third-order valence-corrected chi connectivity index (χ3v) is 3.34. The van der Waals surface area contributed by atoms with Crippen LogP contribution >= 0.6 is 0 Å². The maximum atomic E-state index is 5.67. The zero-order valence-electron chi connectivity index (χ0n) is 12.5. The summed E-state index contributed by atoms with van der Waals surface area (Å²) in [5.41, 5.74) is 6.32. The molecule has 0 saturated heterocycles. The number of aromatic nitrogens is 2. The van der Waals surface area contributed by atoms with Gasteiger partial charge in [-0.25, -0.2) is 15.4 Å². The molecule has 106 valence electrons. The third kappa shape index (κ3) is 3.21. The standard InChI is InChI=1S/C16H22N4/c1-11-9-18-15(19-10-11)14(20-17)12-5-7-13(8-6-12)16(2,3)4/h5-10,14,20H,17H2,1-4H3. The van der Waals surface area contributed by atoms with Crippen LogP contribution in [-0.4, -0.2) is 9.97 Å². The topological polar surface area (TPSA) is 63.8 Å². The van der Waals surface area contributed by atoms with Gasteiger partial charge in [0.15, 0.2) is 5.82 Å². The van der Waals surface area contributed by atoms with E-state index < -0.39 is 0 Å². The Morgan fingerprint density at radius 3 is 2.05 bits per heavy atom. The fourth-order valence-electron chi connectivity index (χ4n) is 2.05. The first-order valence-electron chi connectivity index (χ1n) is 6.77. The molecule has 3 N–H and O–H groups in total. The van der Waals surface area contributed by atoms with Crippen molar-refractivity contribution >= 4 is 0 Å². The van der Waals surface area contributed by atoms with Crippen molar-refractivity contribution in [1.29, 1.82) is 0 Å². The molecule has 1 atom stereocenters. The normalized spacial score (nSPS) is 13.2. The average Bonchev–Trinajstić information content (AvgIpc) is 2.41. The van der Waals surface area contributed by atoms with Crippen LogP contribution in [0.15, 0.2) is 36.7 Å². The molecule has 4 nitrogen and oxygen atoms in total. The van der Waals surface area contributed by atoms with Gasteiger partial charge in [-0.05, 0) is 29.0 Å². The average molecular weight is 270 g/mol. The quantitative estimate of drug-likeness (QED) is 0.665. The van der Waals surface area contributed by atoms with Gasteiger partial charge in [0.25, 0.3) is 0 Å². The van der Waals surface area contributed by atoms with E-state index in [0.717, 1.165) is 11.1 Å². The maximum absolute atomic E-state index is 5.67. The molecule has 4 heteroatoms. The smallest absolute Gasteiger partial charge is 0.150 e. The highest BCUT2D eigenvalue weighted by Crippen LogP contribution is 2.25. The van der Waals surface area contributed by atoms with Gasteiger partial charge in [0.2, 0.25) is 0 Å². The van der Waals surface area contributed by atoms with Gasteiger partial charge in [0.05, 0.1) is 0 Å². The minimum Gasteiger partial charge on any atom is -0.270 e. The molecule has 0 amide bonds. The van der Waals surface area contributed by atoms with Crippen molar-refractivity contribution in [2.45, 2.75) is 39.2 Å². The summed E-state index contributed by atoms with van der Waals surface area (Å²) in [6, 6.07) is 8.23. The minimum atomic E-state index is -0.190. The zero-order valence-corrected chi connectivity index (χ0v) is 12.5. The van der Waals surface area contributed by atoms with E-state index >= 15 is 0 Å². The summed E-state index contributed by atoms with van der Waals surface area (Å²) in [7, 11) is 0. The van der Waals surface area contributed by atoms with Gasteiger partial charge < -0.3 is 0 Å². The summed E-state index contributed by atoms with van der Waals surface area (Å²) in [6.07, 6.45) is 3.60. The number of hydrogen-bond donors (Lipinski definition) is 2. The van der Waals surface area contributed by atoms with Crippen LogP contribution in [0.5, 0.6) is 0 Å². The first-order chi connectivity index (χ1) is 9.41. The Balaban J connectivity index is 2.30. The maximum Gasteiger partial charge on any atom is 0.150 e. The number of benzene rings is 1. The van der Waals surface area contributed by atoms with E-state index in [0.29, 0.717) is 5.82 Å². The Kier molecular flexibility index (Phi) is 4.16.